The van der Waals surface area contributed by atoms with Crippen LogP contribution in [-0.4, -0.2) is 23.0 Å². The molecule has 0 spiro atoms. The first-order valence-electron chi connectivity index (χ1n) is 5.94. The highest BCUT2D eigenvalue weighted by atomic mass is 16.1. The largest absolute Gasteiger partial charge is 0.367 e. The predicted molar refractivity (Wildman–Crippen MR) is 66.6 cm³/mol. The minimum Gasteiger partial charge on any atom is -0.367 e. The molecule has 1 aromatic heterocycles. The fourth-order valence-electron chi connectivity index (χ4n) is 2.12. The monoisotopic (exact) mass is 234 g/mol. The number of carbonyl (C=O) groups is 1. The molecule has 1 aliphatic carbocycles. The van der Waals surface area contributed by atoms with Gasteiger partial charge in [-0.05, 0) is 37.8 Å². The lowest BCUT2D eigenvalue weighted by Crippen LogP contribution is -2.33. The summed E-state index contributed by atoms with van der Waals surface area (Å²) in [7, 11) is 0. The van der Waals surface area contributed by atoms with E-state index < -0.39 is 5.91 Å². The van der Waals surface area contributed by atoms with Gasteiger partial charge in [0.25, 0.3) is 5.91 Å². The second-order valence-corrected chi connectivity index (χ2v) is 4.53. The number of hydrogen-bond acceptors (Lipinski definition) is 4. The van der Waals surface area contributed by atoms with Crippen molar-refractivity contribution in [3.8, 4) is 0 Å². The van der Waals surface area contributed by atoms with Crippen LogP contribution in [0.2, 0.25) is 0 Å². The molecule has 0 bridgehead atoms. The first-order chi connectivity index (χ1) is 8.15. The molecule has 92 valence electrons. The molecule has 0 aromatic carbocycles. The van der Waals surface area contributed by atoms with Crippen molar-refractivity contribution in [3.63, 3.8) is 0 Å². The van der Waals surface area contributed by atoms with Gasteiger partial charge >= 0.3 is 0 Å². The molecule has 17 heavy (non-hydrogen) atoms. The fourth-order valence-corrected chi connectivity index (χ4v) is 2.12. The topological polar surface area (TPSA) is 94.0 Å². The number of aromatic nitrogens is 1. The number of anilines is 1. The van der Waals surface area contributed by atoms with Crippen molar-refractivity contribution in [2.24, 2.45) is 11.5 Å². The van der Waals surface area contributed by atoms with E-state index in [4.69, 9.17) is 11.5 Å². The number of primary amides is 1. The first kappa shape index (κ1) is 11.9. The standard InChI is InChI=1S/C12H18N4O/c13-8-4-6-9(7-5-8)15-11-3-1-2-10(16-11)12(14)17/h1-3,8-9H,4-7,13H2,(H2,14,17)(H,15,16). The van der Waals surface area contributed by atoms with Gasteiger partial charge in [0, 0.05) is 12.1 Å². The highest BCUT2D eigenvalue weighted by Crippen LogP contribution is 2.20. The van der Waals surface area contributed by atoms with E-state index in [9.17, 15) is 4.79 Å². The van der Waals surface area contributed by atoms with Gasteiger partial charge in [-0.1, -0.05) is 6.07 Å². The van der Waals surface area contributed by atoms with Crippen molar-refractivity contribution in [2.75, 3.05) is 5.32 Å². The van der Waals surface area contributed by atoms with Crippen LogP contribution in [0.5, 0.6) is 0 Å². The van der Waals surface area contributed by atoms with Gasteiger partial charge in [0.05, 0.1) is 0 Å². The SMILES string of the molecule is NC(=O)c1cccc(NC2CCC(N)CC2)n1. The molecular weight excluding hydrogens is 216 g/mol. The molecule has 1 aromatic rings. The summed E-state index contributed by atoms with van der Waals surface area (Å²) >= 11 is 0. The maximum absolute atomic E-state index is 11.0. The fraction of sp³-hybridized carbons (Fsp3) is 0.500. The van der Waals surface area contributed by atoms with E-state index in [2.05, 4.69) is 10.3 Å². The van der Waals surface area contributed by atoms with Gasteiger partial charge in [-0.2, -0.15) is 0 Å². The molecule has 2 rings (SSSR count). The van der Waals surface area contributed by atoms with E-state index in [-0.39, 0.29) is 0 Å². The Morgan fingerprint density at radius 2 is 2.00 bits per heavy atom. The van der Waals surface area contributed by atoms with Gasteiger partial charge in [0.15, 0.2) is 0 Å². The Balaban J connectivity index is 1.98. The van der Waals surface area contributed by atoms with Crippen molar-refractivity contribution < 1.29 is 4.79 Å². The highest BCUT2D eigenvalue weighted by Gasteiger charge is 2.18. The van der Waals surface area contributed by atoms with Gasteiger partial charge in [-0.3, -0.25) is 4.79 Å². The lowest BCUT2D eigenvalue weighted by atomic mass is 9.92. The van der Waals surface area contributed by atoms with Crippen LogP contribution in [0, 0.1) is 0 Å². The number of pyridine rings is 1. The highest BCUT2D eigenvalue weighted by molar-refractivity contribution is 5.91. The van der Waals surface area contributed by atoms with Gasteiger partial charge in [-0.25, -0.2) is 4.98 Å². The third kappa shape index (κ3) is 3.17. The van der Waals surface area contributed by atoms with E-state index in [1.54, 1.807) is 12.1 Å². The molecule has 5 N–H and O–H groups in total. The van der Waals surface area contributed by atoms with Gasteiger partial charge in [0.1, 0.15) is 11.5 Å². The van der Waals surface area contributed by atoms with Crippen LogP contribution in [0.4, 0.5) is 5.82 Å². The number of rotatable bonds is 3. The number of nitrogens with two attached hydrogens (primary N) is 2. The molecule has 1 saturated carbocycles. The van der Waals surface area contributed by atoms with E-state index in [0.29, 0.717) is 23.6 Å². The maximum Gasteiger partial charge on any atom is 0.267 e. The van der Waals surface area contributed by atoms with E-state index >= 15 is 0 Å². The summed E-state index contributed by atoms with van der Waals surface area (Å²) in [5.41, 5.74) is 11.3. The van der Waals surface area contributed by atoms with Crippen LogP contribution >= 0.6 is 0 Å². The molecule has 1 amide bonds. The Kier molecular flexibility index (Phi) is 3.58. The molecule has 1 fully saturated rings. The van der Waals surface area contributed by atoms with Crippen molar-refractivity contribution >= 4 is 11.7 Å². The summed E-state index contributed by atoms with van der Waals surface area (Å²) < 4.78 is 0. The summed E-state index contributed by atoms with van der Waals surface area (Å²) in [6, 6.07) is 5.97. The van der Waals surface area contributed by atoms with Gasteiger partial charge in [-0.15, -0.1) is 0 Å². The summed E-state index contributed by atoms with van der Waals surface area (Å²) in [6.45, 7) is 0. The summed E-state index contributed by atoms with van der Waals surface area (Å²) in [5, 5.41) is 3.32. The summed E-state index contributed by atoms with van der Waals surface area (Å²) in [5.74, 6) is 0.209. The quantitative estimate of drug-likeness (QED) is 0.723. The maximum atomic E-state index is 11.0. The van der Waals surface area contributed by atoms with Crippen LogP contribution in [0.15, 0.2) is 18.2 Å². The molecule has 1 aliphatic rings. The number of amides is 1. The zero-order chi connectivity index (χ0) is 12.3. The summed E-state index contributed by atoms with van der Waals surface area (Å²) in [6.07, 6.45) is 4.16. The number of nitrogens with one attached hydrogen (secondary N) is 1. The van der Waals surface area contributed by atoms with E-state index in [1.807, 2.05) is 6.07 Å². The van der Waals surface area contributed by atoms with Gasteiger partial charge in [0.2, 0.25) is 0 Å². The smallest absolute Gasteiger partial charge is 0.267 e. The Bertz CT molecular complexity index is 399. The average molecular weight is 234 g/mol. The first-order valence-corrected chi connectivity index (χ1v) is 5.94. The van der Waals surface area contributed by atoms with Crippen molar-refractivity contribution in [1.29, 1.82) is 0 Å². The Morgan fingerprint density at radius 3 is 2.65 bits per heavy atom. The molecule has 0 saturated heterocycles. The molecule has 5 heteroatoms. The lowest BCUT2D eigenvalue weighted by molar-refractivity contribution is 0.0995. The van der Waals surface area contributed by atoms with Gasteiger partial charge < -0.3 is 16.8 Å². The van der Waals surface area contributed by atoms with Crippen molar-refractivity contribution in [2.45, 2.75) is 37.8 Å². The van der Waals surface area contributed by atoms with Crippen LogP contribution in [0.1, 0.15) is 36.2 Å². The van der Waals surface area contributed by atoms with E-state index in [1.165, 1.54) is 0 Å². The predicted octanol–water partition coefficient (Wildman–Crippen LogP) is 0.862. The second-order valence-electron chi connectivity index (χ2n) is 4.53. The lowest BCUT2D eigenvalue weighted by Gasteiger charge is -2.27. The van der Waals surface area contributed by atoms with Crippen LogP contribution < -0.4 is 16.8 Å². The second kappa shape index (κ2) is 5.14. The number of carbonyl (C=O) groups excluding carboxylic acids is 1. The summed E-state index contributed by atoms with van der Waals surface area (Å²) in [4.78, 5) is 15.2. The average Bonchev–Trinajstić information content (AvgIpc) is 2.32. The Hall–Kier alpha value is -1.62. The molecule has 0 atom stereocenters. The minimum atomic E-state index is -0.501. The number of hydrogen-bond donors (Lipinski definition) is 3. The zero-order valence-electron chi connectivity index (χ0n) is 9.73. The minimum absolute atomic E-state index is 0.294. The zero-order valence-corrected chi connectivity index (χ0v) is 9.73. The third-order valence-electron chi connectivity index (χ3n) is 3.13. The normalized spacial score (nSPS) is 24.3. The Morgan fingerprint density at radius 1 is 1.29 bits per heavy atom. The third-order valence-corrected chi connectivity index (χ3v) is 3.13. The molecule has 0 unspecified atom stereocenters. The molecule has 0 aliphatic heterocycles. The molecule has 5 nitrogen and oxygen atoms in total. The molecular formula is C12H18N4O. The van der Waals surface area contributed by atoms with Crippen molar-refractivity contribution in [1.82, 2.24) is 4.98 Å². The van der Waals surface area contributed by atoms with Crippen LogP contribution in [0.25, 0.3) is 0 Å². The Labute approximate surface area is 101 Å². The number of nitrogens with zero attached hydrogens (tertiary/aromatic N) is 1. The van der Waals surface area contributed by atoms with Crippen LogP contribution in [0.3, 0.4) is 0 Å². The van der Waals surface area contributed by atoms with Crippen LogP contribution in [-0.2, 0) is 0 Å². The molecule has 0 radical (unpaired) electrons. The van der Waals surface area contributed by atoms with E-state index in [0.717, 1.165) is 25.7 Å². The van der Waals surface area contributed by atoms with Crippen molar-refractivity contribution in [3.05, 3.63) is 23.9 Å². The molecule has 1 heterocycles.